The maximum absolute atomic E-state index is 13.4. The smallest absolute Gasteiger partial charge is 0.123 e. The molecule has 0 spiro atoms. The lowest BCUT2D eigenvalue weighted by Crippen LogP contribution is -2.30. The van der Waals surface area contributed by atoms with E-state index in [-0.39, 0.29) is 5.82 Å². The Morgan fingerprint density at radius 2 is 2.14 bits per heavy atom. The second kappa shape index (κ2) is 5.74. The molecule has 2 aromatic carbocycles. The van der Waals surface area contributed by atoms with Gasteiger partial charge < -0.3 is 10.5 Å². The van der Waals surface area contributed by atoms with Crippen molar-refractivity contribution in [2.75, 3.05) is 19.4 Å². The van der Waals surface area contributed by atoms with Crippen LogP contribution in [0.3, 0.4) is 0 Å². The standard InChI is InChI=1S/C17H19FN2O/c1-21-17-6-5-14(18)9-13(17)11-20-8-7-15-12(10-20)3-2-4-16(15)19/h2-6,9H,7-8,10-11,19H2,1H3. The first-order valence-corrected chi connectivity index (χ1v) is 7.08. The molecule has 0 radical (unpaired) electrons. The van der Waals surface area contributed by atoms with Gasteiger partial charge in [0.1, 0.15) is 11.6 Å². The summed E-state index contributed by atoms with van der Waals surface area (Å²) in [7, 11) is 1.61. The molecule has 3 nitrogen and oxygen atoms in total. The predicted molar refractivity (Wildman–Crippen MR) is 81.6 cm³/mol. The molecule has 0 saturated carbocycles. The largest absolute Gasteiger partial charge is 0.496 e. The maximum Gasteiger partial charge on any atom is 0.123 e. The Hall–Kier alpha value is -2.07. The molecule has 1 aliphatic heterocycles. The van der Waals surface area contributed by atoms with E-state index in [0.29, 0.717) is 6.54 Å². The van der Waals surface area contributed by atoms with Gasteiger partial charge in [-0.2, -0.15) is 0 Å². The first-order chi connectivity index (χ1) is 10.2. The van der Waals surface area contributed by atoms with Crippen LogP contribution in [0.4, 0.5) is 10.1 Å². The highest BCUT2D eigenvalue weighted by Gasteiger charge is 2.19. The van der Waals surface area contributed by atoms with E-state index in [9.17, 15) is 4.39 Å². The molecule has 3 rings (SSSR count). The number of methoxy groups -OCH3 is 1. The fraction of sp³-hybridized carbons (Fsp3) is 0.294. The lowest BCUT2D eigenvalue weighted by atomic mass is 9.97. The van der Waals surface area contributed by atoms with Gasteiger partial charge in [-0.3, -0.25) is 4.90 Å². The van der Waals surface area contributed by atoms with E-state index < -0.39 is 0 Å². The van der Waals surface area contributed by atoms with Crippen LogP contribution in [0.5, 0.6) is 5.75 Å². The van der Waals surface area contributed by atoms with Gasteiger partial charge in [-0.1, -0.05) is 12.1 Å². The summed E-state index contributed by atoms with van der Waals surface area (Å²) in [5.74, 6) is 0.502. The molecule has 2 aromatic rings. The van der Waals surface area contributed by atoms with E-state index in [0.717, 1.165) is 36.5 Å². The van der Waals surface area contributed by atoms with Crippen LogP contribution in [-0.2, 0) is 19.5 Å². The third kappa shape index (κ3) is 2.85. The fourth-order valence-corrected chi connectivity index (χ4v) is 2.94. The highest BCUT2D eigenvalue weighted by molar-refractivity contribution is 5.52. The lowest BCUT2D eigenvalue weighted by molar-refractivity contribution is 0.241. The Morgan fingerprint density at radius 1 is 1.29 bits per heavy atom. The number of ether oxygens (including phenoxy) is 1. The molecule has 110 valence electrons. The summed E-state index contributed by atoms with van der Waals surface area (Å²) in [5, 5.41) is 0. The van der Waals surface area contributed by atoms with E-state index in [1.54, 1.807) is 19.2 Å². The highest BCUT2D eigenvalue weighted by atomic mass is 19.1. The minimum absolute atomic E-state index is 0.229. The van der Waals surface area contributed by atoms with Crippen LogP contribution < -0.4 is 10.5 Å². The van der Waals surface area contributed by atoms with Crippen molar-refractivity contribution in [1.29, 1.82) is 0 Å². The average Bonchev–Trinajstić information content (AvgIpc) is 2.48. The van der Waals surface area contributed by atoms with E-state index in [1.807, 2.05) is 12.1 Å². The minimum atomic E-state index is -0.229. The summed E-state index contributed by atoms with van der Waals surface area (Å²) in [6.45, 7) is 2.43. The molecule has 21 heavy (non-hydrogen) atoms. The second-order valence-corrected chi connectivity index (χ2v) is 5.40. The Morgan fingerprint density at radius 3 is 2.95 bits per heavy atom. The van der Waals surface area contributed by atoms with Gasteiger partial charge in [-0.15, -0.1) is 0 Å². The fourth-order valence-electron chi connectivity index (χ4n) is 2.94. The molecular weight excluding hydrogens is 267 g/mol. The molecule has 0 unspecified atom stereocenters. The molecule has 2 N–H and O–H groups in total. The molecule has 4 heteroatoms. The number of hydrogen-bond donors (Lipinski definition) is 1. The van der Waals surface area contributed by atoms with Crippen molar-refractivity contribution in [3.63, 3.8) is 0 Å². The van der Waals surface area contributed by atoms with Crippen molar-refractivity contribution in [3.05, 3.63) is 58.9 Å². The molecule has 0 aliphatic carbocycles. The number of fused-ring (bicyclic) bond motifs is 1. The Balaban J connectivity index is 1.80. The van der Waals surface area contributed by atoms with Crippen LogP contribution in [0.1, 0.15) is 16.7 Å². The number of hydrogen-bond acceptors (Lipinski definition) is 3. The molecule has 0 amide bonds. The van der Waals surface area contributed by atoms with Gasteiger partial charge >= 0.3 is 0 Å². The summed E-state index contributed by atoms with van der Waals surface area (Å²) < 4.78 is 18.8. The predicted octanol–water partition coefficient (Wildman–Crippen LogP) is 2.97. The molecule has 0 fully saturated rings. The minimum Gasteiger partial charge on any atom is -0.496 e. The van der Waals surface area contributed by atoms with E-state index >= 15 is 0 Å². The van der Waals surface area contributed by atoms with Crippen molar-refractivity contribution in [2.45, 2.75) is 19.5 Å². The van der Waals surface area contributed by atoms with Crippen molar-refractivity contribution in [2.24, 2.45) is 0 Å². The third-order valence-corrected chi connectivity index (χ3v) is 4.02. The number of nitrogens with two attached hydrogens (primary N) is 1. The summed E-state index contributed by atoms with van der Waals surface area (Å²) in [6, 6.07) is 10.7. The van der Waals surface area contributed by atoms with Gasteiger partial charge in [0, 0.05) is 30.9 Å². The summed E-state index contributed by atoms with van der Waals surface area (Å²) in [6.07, 6.45) is 0.930. The molecule has 0 bridgehead atoms. The normalized spacial score (nSPS) is 14.8. The number of rotatable bonds is 3. The topological polar surface area (TPSA) is 38.5 Å². The average molecular weight is 286 g/mol. The van der Waals surface area contributed by atoms with E-state index in [4.69, 9.17) is 10.5 Å². The molecule has 1 aliphatic rings. The van der Waals surface area contributed by atoms with Gasteiger partial charge in [0.25, 0.3) is 0 Å². The molecule has 1 heterocycles. The van der Waals surface area contributed by atoms with Gasteiger partial charge in [0.05, 0.1) is 7.11 Å². The van der Waals surface area contributed by atoms with Gasteiger partial charge in [-0.05, 0) is 41.8 Å². The van der Waals surface area contributed by atoms with Crippen molar-refractivity contribution in [3.8, 4) is 5.75 Å². The maximum atomic E-state index is 13.4. The second-order valence-electron chi connectivity index (χ2n) is 5.40. The molecule has 0 saturated heterocycles. The van der Waals surface area contributed by atoms with Crippen LogP contribution in [0, 0.1) is 5.82 Å². The monoisotopic (exact) mass is 286 g/mol. The zero-order chi connectivity index (χ0) is 14.8. The molecular formula is C17H19FN2O. The number of nitrogens with zero attached hydrogens (tertiary/aromatic N) is 1. The van der Waals surface area contributed by atoms with Crippen molar-refractivity contribution >= 4 is 5.69 Å². The van der Waals surface area contributed by atoms with Gasteiger partial charge in [0.2, 0.25) is 0 Å². The lowest BCUT2D eigenvalue weighted by Gasteiger charge is -2.29. The summed E-state index contributed by atoms with van der Waals surface area (Å²) in [4.78, 5) is 2.29. The van der Waals surface area contributed by atoms with Crippen LogP contribution in [0.25, 0.3) is 0 Å². The first-order valence-electron chi connectivity index (χ1n) is 7.08. The number of anilines is 1. The van der Waals surface area contributed by atoms with E-state index in [1.165, 1.54) is 17.2 Å². The first kappa shape index (κ1) is 13.9. The Kier molecular flexibility index (Phi) is 3.80. The van der Waals surface area contributed by atoms with Gasteiger partial charge in [0.15, 0.2) is 0 Å². The van der Waals surface area contributed by atoms with E-state index in [2.05, 4.69) is 11.0 Å². The summed E-state index contributed by atoms with van der Waals surface area (Å²) >= 11 is 0. The number of halogens is 1. The molecule has 0 atom stereocenters. The third-order valence-electron chi connectivity index (χ3n) is 4.02. The number of nitrogen functional groups attached to an aromatic ring is 1. The zero-order valence-electron chi connectivity index (χ0n) is 12.1. The number of benzene rings is 2. The zero-order valence-corrected chi connectivity index (χ0v) is 12.1. The SMILES string of the molecule is COc1ccc(F)cc1CN1CCc2c(N)cccc2C1. The Labute approximate surface area is 124 Å². The quantitative estimate of drug-likeness (QED) is 0.882. The Bertz CT molecular complexity index is 657. The molecule has 0 aromatic heterocycles. The summed E-state index contributed by atoms with van der Waals surface area (Å²) in [5.41, 5.74) is 10.3. The van der Waals surface area contributed by atoms with Crippen LogP contribution >= 0.6 is 0 Å². The highest BCUT2D eigenvalue weighted by Crippen LogP contribution is 2.27. The van der Waals surface area contributed by atoms with Crippen LogP contribution in [-0.4, -0.2) is 18.6 Å². The van der Waals surface area contributed by atoms with Crippen molar-refractivity contribution in [1.82, 2.24) is 4.90 Å². The van der Waals surface area contributed by atoms with Crippen molar-refractivity contribution < 1.29 is 9.13 Å². The van der Waals surface area contributed by atoms with Gasteiger partial charge in [-0.25, -0.2) is 4.39 Å². The van der Waals surface area contributed by atoms with Crippen LogP contribution in [0.15, 0.2) is 36.4 Å². The van der Waals surface area contributed by atoms with Crippen LogP contribution in [0.2, 0.25) is 0 Å².